The molecule has 2 N–H and O–H groups in total. The average molecular weight is 276 g/mol. The van der Waals surface area contributed by atoms with Crippen LogP contribution < -0.4 is 5.73 Å². The minimum Gasteiger partial charge on any atom is -0.325 e. The summed E-state index contributed by atoms with van der Waals surface area (Å²) < 4.78 is 25.4. The minimum atomic E-state index is -2.43. The zero-order chi connectivity index (χ0) is 11.1. The molecule has 1 aliphatic carbocycles. The fraction of sp³-hybridized carbons (Fsp3) is 0.455. The lowest BCUT2D eigenvalue weighted by molar-refractivity contribution is 0.150. The van der Waals surface area contributed by atoms with Crippen LogP contribution in [0.5, 0.6) is 0 Å². The van der Waals surface area contributed by atoms with E-state index in [1.165, 1.54) is 6.07 Å². The Morgan fingerprint density at radius 1 is 1.40 bits per heavy atom. The van der Waals surface area contributed by atoms with Gasteiger partial charge in [0.05, 0.1) is 0 Å². The van der Waals surface area contributed by atoms with E-state index >= 15 is 0 Å². The average Bonchev–Trinajstić information content (AvgIpc) is 2.82. The summed E-state index contributed by atoms with van der Waals surface area (Å²) in [4.78, 5) is 0. The van der Waals surface area contributed by atoms with Crippen LogP contribution in [0.25, 0.3) is 0 Å². The number of rotatable bonds is 3. The first-order valence-electron chi connectivity index (χ1n) is 4.86. The Morgan fingerprint density at radius 3 is 2.53 bits per heavy atom. The minimum absolute atomic E-state index is 0.0422. The Bertz CT molecular complexity index is 375. The molecule has 0 spiro atoms. The van der Waals surface area contributed by atoms with Crippen LogP contribution >= 0.6 is 15.9 Å². The Kier molecular flexibility index (Phi) is 2.81. The summed E-state index contributed by atoms with van der Waals surface area (Å²) in [6.45, 7) is 0. The van der Waals surface area contributed by atoms with Crippen molar-refractivity contribution < 1.29 is 8.78 Å². The van der Waals surface area contributed by atoms with Crippen LogP contribution in [0.15, 0.2) is 22.7 Å². The molecule has 0 radical (unpaired) electrons. The van der Waals surface area contributed by atoms with E-state index in [2.05, 4.69) is 15.9 Å². The SMILES string of the molecule is NC1(Cc2ccc(C(F)F)c(Br)c2)CC1. The molecule has 1 fully saturated rings. The third kappa shape index (κ3) is 2.55. The summed E-state index contributed by atoms with van der Waals surface area (Å²) in [5.41, 5.74) is 6.95. The van der Waals surface area contributed by atoms with E-state index in [9.17, 15) is 8.78 Å². The highest BCUT2D eigenvalue weighted by atomic mass is 79.9. The normalized spacial score (nSPS) is 18.2. The highest BCUT2D eigenvalue weighted by Gasteiger charge is 2.37. The molecule has 82 valence electrons. The van der Waals surface area contributed by atoms with Gasteiger partial charge in [-0.3, -0.25) is 0 Å². The second-order valence-electron chi connectivity index (χ2n) is 4.20. The highest BCUT2D eigenvalue weighted by molar-refractivity contribution is 9.10. The quantitative estimate of drug-likeness (QED) is 0.899. The first-order valence-corrected chi connectivity index (χ1v) is 5.65. The molecular weight excluding hydrogens is 264 g/mol. The van der Waals surface area contributed by atoms with E-state index in [1.807, 2.05) is 0 Å². The van der Waals surface area contributed by atoms with Gasteiger partial charge in [0.15, 0.2) is 0 Å². The zero-order valence-corrected chi connectivity index (χ0v) is 9.73. The van der Waals surface area contributed by atoms with Crippen molar-refractivity contribution in [1.82, 2.24) is 0 Å². The van der Waals surface area contributed by atoms with Gasteiger partial charge >= 0.3 is 0 Å². The molecule has 0 amide bonds. The predicted molar refractivity (Wildman–Crippen MR) is 59.0 cm³/mol. The molecule has 15 heavy (non-hydrogen) atoms. The van der Waals surface area contributed by atoms with E-state index in [0.717, 1.165) is 24.8 Å². The van der Waals surface area contributed by atoms with E-state index in [-0.39, 0.29) is 11.1 Å². The fourth-order valence-corrected chi connectivity index (χ4v) is 2.20. The second-order valence-corrected chi connectivity index (χ2v) is 5.05. The molecule has 1 aromatic rings. The summed E-state index contributed by atoms with van der Waals surface area (Å²) in [7, 11) is 0. The fourth-order valence-electron chi connectivity index (χ4n) is 1.60. The smallest absolute Gasteiger partial charge is 0.264 e. The Morgan fingerprint density at radius 2 is 2.07 bits per heavy atom. The molecule has 1 nitrogen and oxygen atoms in total. The largest absolute Gasteiger partial charge is 0.325 e. The van der Waals surface area contributed by atoms with Gasteiger partial charge in [-0.2, -0.15) is 0 Å². The lowest BCUT2D eigenvalue weighted by Gasteiger charge is -2.10. The Balaban J connectivity index is 2.17. The molecular formula is C11H12BrF2N. The number of nitrogens with two attached hydrogens (primary N) is 1. The molecule has 1 saturated carbocycles. The summed E-state index contributed by atoms with van der Waals surface area (Å²) in [6, 6.07) is 4.95. The molecule has 0 heterocycles. The maximum absolute atomic E-state index is 12.5. The van der Waals surface area contributed by atoms with Crippen molar-refractivity contribution in [3.8, 4) is 0 Å². The van der Waals surface area contributed by atoms with Crippen molar-refractivity contribution in [2.45, 2.75) is 31.2 Å². The van der Waals surface area contributed by atoms with Gasteiger partial charge in [-0.15, -0.1) is 0 Å². The van der Waals surface area contributed by atoms with Gasteiger partial charge in [0.25, 0.3) is 6.43 Å². The number of hydrogen-bond acceptors (Lipinski definition) is 1. The molecule has 4 heteroatoms. The van der Waals surface area contributed by atoms with Crippen molar-refractivity contribution in [3.05, 3.63) is 33.8 Å². The first kappa shape index (κ1) is 11.0. The van der Waals surface area contributed by atoms with E-state index in [1.54, 1.807) is 12.1 Å². The van der Waals surface area contributed by atoms with Crippen LogP contribution in [0.4, 0.5) is 8.78 Å². The van der Waals surface area contributed by atoms with Crippen LogP contribution in [0.1, 0.15) is 30.4 Å². The first-order chi connectivity index (χ1) is 7.00. The molecule has 0 unspecified atom stereocenters. The predicted octanol–water partition coefficient (Wildman–Crippen LogP) is 3.42. The summed E-state index contributed by atoms with van der Waals surface area (Å²) in [5.74, 6) is 0. The summed E-state index contributed by atoms with van der Waals surface area (Å²) >= 11 is 3.15. The van der Waals surface area contributed by atoms with Crippen molar-refractivity contribution in [3.63, 3.8) is 0 Å². The van der Waals surface area contributed by atoms with Crippen LogP contribution in [0.3, 0.4) is 0 Å². The molecule has 0 aliphatic heterocycles. The molecule has 0 aromatic heterocycles. The van der Waals surface area contributed by atoms with Crippen LogP contribution in [0, 0.1) is 0 Å². The third-order valence-electron chi connectivity index (χ3n) is 2.75. The van der Waals surface area contributed by atoms with Gasteiger partial charge in [0, 0.05) is 15.6 Å². The number of alkyl halides is 2. The van der Waals surface area contributed by atoms with Crippen molar-refractivity contribution >= 4 is 15.9 Å². The van der Waals surface area contributed by atoms with Gasteiger partial charge in [0.1, 0.15) is 0 Å². The summed E-state index contributed by atoms with van der Waals surface area (Å²) in [6.07, 6.45) is 0.401. The van der Waals surface area contributed by atoms with Gasteiger partial charge in [0.2, 0.25) is 0 Å². The van der Waals surface area contributed by atoms with Crippen LogP contribution in [-0.4, -0.2) is 5.54 Å². The molecule has 0 atom stereocenters. The molecule has 1 aromatic carbocycles. The Hall–Kier alpha value is -0.480. The van der Waals surface area contributed by atoms with E-state index in [0.29, 0.717) is 4.47 Å². The zero-order valence-electron chi connectivity index (χ0n) is 8.14. The molecule has 0 saturated heterocycles. The maximum atomic E-state index is 12.5. The highest BCUT2D eigenvalue weighted by Crippen LogP contribution is 2.37. The lowest BCUT2D eigenvalue weighted by Crippen LogP contribution is -2.24. The molecule has 2 rings (SSSR count). The van der Waals surface area contributed by atoms with Crippen molar-refractivity contribution in [2.24, 2.45) is 5.73 Å². The number of hydrogen-bond donors (Lipinski definition) is 1. The van der Waals surface area contributed by atoms with Crippen molar-refractivity contribution in [1.29, 1.82) is 0 Å². The van der Waals surface area contributed by atoms with Crippen LogP contribution in [-0.2, 0) is 6.42 Å². The van der Waals surface area contributed by atoms with Gasteiger partial charge < -0.3 is 5.73 Å². The molecule has 1 aliphatic rings. The lowest BCUT2D eigenvalue weighted by atomic mass is 10.0. The maximum Gasteiger partial charge on any atom is 0.264 e. The second kappa shape index (κ2) is 3.83. The topological polar surface area (TPSA) is 26.0 Å². The monoisotopic (exact) mass is 275 g/mol. The standard InChI is InChI=1S/C11H12BrF2N/c12-9-5-7(6-11(15)3-4-11)1-2-8(9)10(13)14/h1-2,5,10H,3-4,6,15H2. The van der Waals surface area contributed by atoms with Gasteiger partial charge in [-0.05, 0) is 30.9 Å². The van der Waals surface area contributed by atoms with Crippen LogP contribution in [0.2, 0.25) is 0 Å². The van der Waals surface area contributed by atoms with E-state index < -0.39 is 6.43 Å². The van der Waals surface area contributed by atoms with Crippen molar-refractivity contribution in [2.75, 3.05) is 0 Å². The number of halogens is 3. The summed E-state index contributed by atoms with van der Waals surface area (Å²) in [5, 5.41) is 0. The third-order valence-corrected chi connectivity index (χ3v) is 3.44. The Labute approximate surface area is 95.8 Å². The van der Waals surface area contributed by atoms with Gasteiger partial charge in [-0.25, -0.2) is 8.78 Å². The van der Waals surface area contributed by atoms with E-state index in [4.69, 9.17) is 5.73 Å². The van der Waals surface area contributed by atoms with Gasteiger partial charge in [-0.1, -0.05) is 28.1 Å². The molecule has 0 bridgehead atoms. The number of benzene rings is 1.